The predicted octanol–water partition coefficient (Wildman–Crippen LogP) is -0.484. The van der Waals surface area contributed by atoms with E-state index in [4.69, 9.17) is 43.0 Å². The molecule has 0 saturated heterocycles. The zero-order chi connectivity index (χ0) is 28.5. The van der Waals surface area contributed by atoms with E-state index >= 15 is 0 Å². The molecule has 0 bridgehead atoms. The van der Waals surface area contributed by atoms with Crippen molar-refractivity contribution < 1.29 is 42.9 Å². The second-order valence-corrected chi connectivity index (χ2v) is 8.15. The topological polar surface area (TPSA) is 138 Å². The van der Waals surface area contributed by atoms with Gasteiger partial charge in [-0.15, -0.1) is 25.2 Å². The molecule has 0 heterocycles. The molecule has 0 aliphatic heterocycles. The summed E-state index contributed by atoms with van der Waals surface area (Å²) in [5.74, 6) is 5.52. The summed E-state index contributed by atoms with van der Waals surface area (Å²) in [6.45, 7) is 1.40. The van der Waals surface area contributed by atoms with Crippen molar-refractivity contribution in [3.8, 4) is 37.0 Å². The Morgan fingerprint density at radius 1 is 0.684 bits per heavy atom. The molecule has 0 spiro atoms. The first kappa shape index (κ1) is 34.8. The first-order valence-corrected chi connectivity index (χ1v) is 12.1. The van der Waals surface area contributed by atoms with E-state index in [1.807, 2.05) is 6.92 Å². The maximum atomic E-state index is 12.8. The third-order valence-electron chi connectivity index (χ3n) is 4.69. The summed E-state index contributed by atoms with van der Waals surface area (Å²) in [5.41, 5.74) is -1.15. The first-order valence-electron chi connectivity index (χ1n) is 12.1. The number of hydrogen-bond donors (Lipinski definition) is 2. The zero-order valence-electron chi connectivity index (χ0n) is 22.0. The van der Waals surface area contributed by atoms with Gasteiger partial charge in [-0.1, -0.05) is 11.8 Å². The fourth-order valence-electron chi connectivity index (χ4n) is 2.98. The molecule has 210 valence electrons. The summed E-state index contributed by atoms with van der Waals surface area (Å²) >= 11 is 0. The number of carbonyl (C=O) groups is 4. The van der Waals surface area contributed by atoms with Crippen LogP contribution in [0.3, 0.4) is 0 Å². The number of Topliss-reactive ketones (excluding diaryl/α,β-unsaturated/α-hetero) is 2. The molecule has 0 atom stereocenters. The van der Waals surface area contributed by atoms with Gasteiger partial charge in [-0.3, -0.25) is 19.2 Å². The predicted molar refractivity (Wildman–Crippen MR) is 139 cm³/mol. The number of amides is 2. The second kappa shape index (κ2) is 22.9. The van der Waals surface area contributed by atoms with Crippen molar-refractivity contribution in [3.05, 3.63) is 0 Å². The van der Waals surface area contributed by atoms with Gasteiger partial charge in [0.2, 0.25) is 11.8 Å². The van der Waals surface area contributed by atoms with Crippen LogP contribution in [0.2, 0.25) is 0 Å². The highest BCUT2D eigenvalue weighted by Gasteiger charge is 2.35. The number of ether oxygens (including phenoxy) is 5. The van der Waals surface area contributed by atoms with Crippen LogP contribution in [-0.2, 0) is 42.9 Å². The van der Waals surface area contributed by atoms with Gasteiger partial charge < -0.3 is 34.3 Å². The summed E-state index contributed by atoms with van der Waals surface area (Å²) in [7, 11) is 0. The molecule has 0 rings (SSSR count). The number of carbonyl (C=O) groups excluding carboxylic acids is 4. The van der Waals surface area contributed by atoms with Crippen molar-refractivity contribution >= 4 is 23.4 Å². The van der Waals surface area contributed by atoms with E-state index in [9.17, 15) is 19.2 Å². The molecule has 0 saturated carbocycles. The largest absolute Gasteiger partial charge is 0.379 e. The minimum Gasteiger partial charge on any atom is -0.379 e. The Hall–Kier alpha value is -3.24. The third-order valence-corrected chi connectivity index (χ3v) is 4.69. The van der Waals surface area contributed by atoms with Crippen molar-refractivity contribution in [2.75, 3.05) is 79.2 Å². The number of ketones is 2. The van der Waals surface area contributed by atoms with Crippen LogP contribution in [-0.4, -0.2) is 103 Å². The van der Waals surface area contributed by atoms with E-state index in [0.717, 1.165) is 0 Å². The van der Waals surface area contributed by atoms with Crippen LogP contribution in [0.5, 0.6) is 0 Å². The van der Waals surface area contributed by atoms with Crippen LogP contribution in [0.4, 0.5) is 0 Å². The molecule has 0 aromatic carbocycles. The van der Waals surface area contributed by atoms with Crippen molar-refractivity contribution in [2.24, 2.45) is 5.41 Å². The number of rotatable bonds is 24. The van der Waals surface area contributed by atoms with Gasteiger partial charge in [-0.25, -0.2) is 0 Å². The van der Waals surface area contributed by atoms with E-state index in [1.54, 1.807) is 0 Å². The third kappa shape index (κ3) is 18.9. The molecule has 2 N–H and O–H groups in total. The fourth-order valence-corrected chi connectivity index (χ4v) is 2.98. The minimum absolute atomic E-state index is 0.0314. The second-order valence-electron chi connectivity index (χ2n) is 8.15. The number of terminal acetylenes is 3. The van der Waals surface area contributed by atoms with Gasteiger partial charge in [0.25, 0.3) is 0 Å². The lowest BCUT2D eigenvalue weighted by molar-refractivity contribution is -0.140. The van der Waals surface area contributed by atoms with Crippen molar-refractivity contribution in [2.45, 2.75) is 26.2 Å². The SMILES string of the molecule is C#CCCC(=O)COCC(COCC(=O)NCC#C)(COCC(=O)NCC#C)CC(=O)COCCOCC. The molecule has 0 aromatic heterocycles. The molecule has 0 fully saturated rings. The Kier molecular flexibility index (Phi) is 21.0. The van der Waals surface area contributed by atoms with Crippen LogP contribution in [0.15, 0.2) is 0 Å². The van der Waals surface area contributed by atoms with Gasteiger partial charge in [0.1, 0.15) is 26.4 Å². The zero-order valence-corrected chi connectivity index (χ0v) is 22.0. The van der Waals surface area contributed by atoms with Gasteiger partial charge in [0.05, 0.1) is 46.1 Å². The Morgan fingerprint density at radius 3 is 1.68 bits per heavy atom. The number of nitrogens with one attached hydrogen (secondary N) is 2. The van der Waals surface area contributed by atoms with Crippen LogP contribution in [0.1, 0.15) is 26.2 Å². The molecular weight excluding hydrogens is 496 g/mol. The summed E-state index contributed by atoms with van der Waals surface area (Å²) < 4.78 is 27.3. The average Bonchev–Trinajstić information content (AvgIpc) is 2.89. The lowest BCUT2D eigenvalue weighted by Crippen LogP contribution is -2.42. The highest BCUT2D eigenvalue weighted by atomic mass is 16.5. The van der Waals surface area contributed by atoms with Crippen LogP contribution in [0.25, 0.3) is 0 Å². The Bertz CT molecular complexity index is 764. The molecule has 0 aromatic rings. The van der Waals surface area contributed by atoms with Crippen LogP contribution >= 0.6 is 0 Å². The molecule has 0 unspecified atom stereocenters. The lowest BCUT2D eigenvalue weighted by atomic mass is 9.85. The summed E-state index contributed by atoms with van der Waals surface area (Å²) in [5, 5.41) is 4.94. The van der Waals surface area contributed by atoms with E-state index < -0.39 is 17.2 Å². The van der Waals surface area contributed by atoms with E-state index in [-0.39, 0.29) is 96.8 Å². The van der Waals surface area contributed by atoms with Gasteiger partial charge in [0, 0.05) is 31.3 Å². The first-order chi connectivity index (χ1) is 18.3. The molecule has 38 heavy (non-hydrogen) atoms. The molecule has 11 nitrogen and oxygen atoms in total. The summed E-state index contributed by atoms with van der Waals surface area (Å²) in [6, 6.07) is 0. The Labute approximate surface area is 225 Å². The standard InChI is InChI=1S/C27H38N2O9/c1-5-9-10-23(30)16-36-20-27(21-37-18-25(32)28-11-6-2,22-38-19-26(33)29-12-7-3)15-24(31)17-35-14-13-34-8-4/h1-3H,8-22H2,4H3,(H,28,32)(H,29,33). The molecule has 0 radical (unpaired) electrons. The molecule has 0 aliphatic rings. The normalized spacial score (nSPS) is 10.6. The highest BCUT2D eigenvalue weighted by Crippen LogP contribution is 2.25. The summed E-state index contributed by atoms with van der Waals surface area (Å²) in [6.07, 6.45) is 15.8. The van der Waals surface area contributed by atoms with Crippen LogP contribution < -0.4 is 10.6 Å². The van der Waals surface area contributed by atoms with E-state index in [1.165, 1.54) is 0 Å². The molecule has 2 amide bonds. The fraction of sp³-hybridized carbons (Fsp3) is 0.630. The van der Waals surface area contributed by atoms with Gasteiger partial charge in [0.15, 0.2) is 11.6 Å². The molecular formula is C27H38N2O9. The molecule has 11 heteroatoms. The average molecular weight is 535 g/mol. The van der Waals surface area contributed by atoms with Crippen molar-refractivity contribution in [1.82, 2.24) is 10.6 Å². The maximum Gasteiger partial charge on any atom is 0.246 e. The van der Waals surface area contributed by atoms with Gasteiger partial charge in [-0.05, 0) is 6.92 Å². The monoisotopic (exact) mass is 534 g/mol. The summed E-state index contributed by atoms with van der Waals surface area (Å²) in [4.78, 5) is 48.7. The molecule has 0 aliphatic carbocycles. The number of hydrogen-bond acceptors (Lipinski definition) is 9. The van der Waals surface area contributed by atoms with Crippen molar-refractivity contribution in [3.63, 3.8) is 0 Å². The van der Waals surface area contributed by atoms with Gasteiger partial charge >= 0.3 is 0 Å². The van der Waals surface area contributed by atoms with Crippen molar-refractivity contribution in [1.29, 1.82) is 0 Å². The van der Waals surface area contributed by atoms with Gasteiger partial charge in [-0.2, -0.15) is 0 Å². The smallest absolute Gasteiger partial charge is 0.246 e. The van der Waals surface area contributed by atoms with Crippen LogP contribution in [0, 0.1) is 42.4 Å². The Balaban J connectivity index is 5.43. The minimum atomic E-state index is -1.15. The Morgan fingerprint density at radius 2 is 1.18 bits per heavy atom. The van der Waals surface area contributed by atoms with E-state index in [2.05, 4.69) is 28.4 Å². The maximum absolute atomic E-state index is 12.8. The quantitative estimate of drug-likeness (QED) is 0.124. The lowest BCUT2D eigenvalue weighted by Gasteiger charge is -2.32. The van der Waals surface area contributed by atoms with E-state index in [0.29, 0.717) is 13.2 Å². The highest BCUT2D eigenvalue weighted by molar-refractivity contribution is 5.81.